The second kappa shape index (κ2) is 5.24. The van der Waals surface area contributed by atoms with Crippen molar-refractivity contribution < 1.29 is 9.59 Å². The lowest BCUT2D eigenvalue weighted by molar-refractivity contribution is 0.0892. The number of aryl methyl sites for hydroxylation is 1. The number of carbonyl (C=O) groups is 2. The van der Waals surface area contributed by atoms with Crippen molar-refractivity contribution in [2.45, 2.75) is 13.3 Å². The van der Waals surface area contributed by atoms with Crippen molar-refractivity contribution in [3.8, 4) is 0 Å². The third kappa shape index (κ3) is 2.43. The van der Waals surface area contributed by atoms with Gasteiger partial charge in [-0.05, 0) is 19.1 Å². The summed E-state index contributed by atoms with van der Waals surface area (Å²) < 4.78 is 1.60. The van der Waals surface area contributed by atoms with Crippen LogP contribution in [-0.2, 0) is 0 Å². The van der Waals surface area contributed by atoms with E-state index in [1.807, 2.05) is 12.1 Å². The summed E-state index contributed by atoms with van der Waals surface area (Å²) in [6.07, 6.45) is 5.95. The standard InChI is InChI=1S/C15H12N4O2/c1-10-15(17-6-5-16-10)14(21)8-13(20)11-9-18-19-7-3-2-4-12(11)19/h2-7,9H,8H2,1H3. The molecule has 0 unspecified atom stereocenters. The van der Waals surface area contributed by atoms with Crippen LogP contribution in [0.15, 0.2) is 43.0 Å². The van der Waals surface area contributed by atoms with E-state index in [4.69, 9.17) is 0 Å². The van der Waals surface area contributed by atoms with E-state index in [0.717, 1.165) is 0 Å². The minimum atomic E-state index is -0.333. The van der Waals surface area contributed by atoms with Crippen LogP contribution in [-0.4, -0.2) is 31.1 Å². The molecule has 104 valence electrons. The SMILES string of the molecule is Cc1nccnc1C(=O)CC(=O)c1cnn2ccccc12. The molecule has 0 fully saturated rings. The lowest BCUT2D eigenvalue weighted by atomic mass is 10.0. The van der Waals surface area contributed by atoms with E-state index >= 15 is 0 Å². The summed E-state index contributed by atoms with van der Waals surface area (Å²) >= 11 is 0. The maximum absolute atomic E-state index is 12.3. The number of ketones is 2. The zero-order valence-corrected chi connectivity index (χ0v) is 11.4. The van der Waals surface area contributed by atoms with E-state index in [1.165, 1.54) is 18.6 Å². The fourth-order valence-electron chi connectivity index (χ4n) is 2.16. The van der Waals surface area contributed by atoms with Crippen molar-refractivity contribution in [1.29, 1.82) is 0 Å². The summed E-state index contributed by atoms with van der Waals surface area (Å²) in [4.78, 5) is 32.4. The molecule has 0 saturated heterocycles. The van der Waals surface area contributed by atoms with Crippen LogP contribution in [0.5, 0.6) is 0 Å². The normalized spacial score (nSPS) is 10.7. The van der Waals surface area contributed by atoms with Crippen LogP contribution >= 0.6 is 0 Å². The molecule has 0 N–H and O–H groups in total. The summed E-state index contributed by atoms with van der Waals surface area (Å²) in [5, 5.41) is 4.09. The highest BCUT2D eigenvalue weighted by Gasteiger charge is 2.19. The zero-order chi connectivity index (χ0) is 14.8. The van der Waals surface area contributed by atoms with Gasteiger partial charge in [0, 0.05) is 18.6 Å². The highest BCUT2D eigenvalue weighted by molar-refractivity contribution is 6.15. The first-order chi connectivity index (χ1) is 10.2. The van der Waals surface area contributed by atoms with Gasteiger partial charge in [-0.25, -0.2) is 9.50 Å². The van der Waals surface area contributed by atoms with Crippen LogP contribution in [0.4, 0.5) is 0 Å². The number of hydrogen-bond acceptors (Lipinski definition) is 5. The van der Waals surface area contributed by atoms with Gasteiger partial charge in [-0.1, -0.05) is 6.07 Å². The number of fused-ring (bicyclic) bond motifs is 1. The monoisotopic (exact) mass is 280 g/mol. The van der Waals surface area contributed by atoms with Crippen molar-refractivity contribution in [2.75, 3.05) is 0 Å². The molecular weight excluding hydrogens is 268 g/mol. The largest absolute Gasteiger partial charge is 0.294 e. The van der Waals surface area contributed by atoms with E-state index < -0.39 is 0 Å². The summed E-state index contributed by atoms with van der Waals surface area (Å²) in [5.41, 5.74) is 1.88. The van der Waals surface area contributed by atoms with E-state index in [1.54, 1.807) is 23.7 Å². The van der Waals surface area contributed by atoms with Crippen molar-refractivity contribution in [2.24, 2.45) is 0 Å². The molecule has 3 heterocycles. The molecule has 0 radical (unpaired) electrons. The lowest BCUT2D eigenvalue weighted by Crippen LogP contribution is -2.12. The molecule has 0 atom stereocenters. The average Bonchev–Trinajstić information content (AvgIpc) is 2.91. The van der Waals surface area contributed by atoms with Crippen LogP contribution in [0.25, 0.3) is 5.52 Å². The van der Waals surface area contributed by atoms with Crippen LogP contribution in [0.3, 0.4) is 0 Å². The average molecular weight is 280 g/mol. The molecular formula is C15H12N4O2. The third-order valence-corrected chi connectivity index (χ3v) is 3.19. The van der Waals surface area contributed by atoms with Crippen molar-refractivity contribution in [1.82, 2.24) is 19.6 Å². The molecule has 0 saturated carbocycles. The maximum atomic E-state index is 12.3. The number of aromatic nitrogens is 4. The van der Waals surface area contributed by atoms with Crippen LogP contribution in [0.1, 0.15) is 33.0 Å². The second-order valence-electron chi connectivity index (χ2n) is 4.60. The molecule has 3 aromatic heterocycles. The molecule has 0 amide bonds. The van der Waals surface area contributed by atoms with Gasteiger partial charge < -0.3 is 0 Å². The quantitative estimate of drug-likeness (QED) is 0.538. The number of Topliss-reactive ketones (excluding diaryl/α,β-unsaturated/α-hetero) is 2. The fourth-order valence-corrected chi connectivity index (χ4v) is 2.16. The van der Waals surface area contributed by atoms with Gasteiger partial charge in [0.05, 0.1) is 29.4 Å². The summed E-state index contributed by atoms with van der Waals surface area (Å²) in [6, 6.07) is 5.43. The van der Waals surface area contributed by atoms with Crippen LogP contribution in [0.2, 0.25) is 0 Å². The Labute approximate surface area is 120 Å². The van der Waals surface area contributed by atoms with Gasteiger partial charge in [-0.15, -0.1) is 0 Å². The van der Waals surface area contributed by atoms with Gasteiger partial charge >= 0.3 is 0 Å². The number of rotatable bonds is 4. The van der Waals surface area contributed by atoms with Gasteiger partial charge in [0.15, 0.2) is 11.6 Å². The molecule has 0 aliphatic carbocycles. The van der Waals surface area contributed by atoms with Crippen molar-refractivity contribution >= 4 is 17.1 Å². The van der Waals surface area contributed by atoms with E-state index in [9.17, 15) is 9.59 Å². The van der Waals surface area contributed by atoms with Gasteiger partial charge in [0.2, 0.25) is 0 Å². The topological polar surface area (TPSA) is 77.2 Å². The Hall–Kier alpha value is -2.89. The molecule has 0 aliphatic heterocycles. The Morgan fingerprint density at radius 1 is 1.14 bits per heavy atom. The fraction of sp³-hybridized carbons (Fsp3) is 0.133. The number of carbonyl (C=O) groups excluding carboxylic acids is 2. The number of nitrogens with zero attached hydrogens (tertiary/aromatic N) is 4. The van der Waals surface area contributed by atoms with Crippen LogP contribution in [0, 0.1) is 6.92 Å². The highest BCUT2D eigenvalue weighted by atomic mass is 16.1. The summed E-state index contributed by atoms with van der Waals surface area (Å²) in [7, 11) is 0. The molecule has 0 spiro atoms. The van der Waals surface area contributed by atoms with Gasteiger partial charge in [0.1, 0.15) is 5.69 Å². The van der Waals surface area contributed by atoms with Crippen molar-refractivity contribution in [3.63, 3.8) is 0 Å². The minimum Gasteiger partial charge on any atom is -0.294 e. The molecule has 0 aliphatic rings. The first kappa shape index (κ1) is 13.1. The summed E-state index contributed by atoms with van der Waals surface area (Å²) in [5.74, 6) is -0.605. The zero-order valence-electron chi connectivity index (χ0n) is 11.4. The molecule has 21 heavy (non-hydrogen) atoms. The molecule has 0 aromatic carbocycles. The Morgan fingerprint density at radius 3 is 2.76 bits per heavy atom. The Morgan fingerprint density at radius 2 is 1.95 bits per heavy atom. The van der Waals surface area contributed by atoms with Gasteiger partial charge in [-0.2, -0.15) is 5.10 Å². The summed E-state index contributed by atoms with van der Waals surface area (Å²) in [6.45, 7) is 1.69. The Kier molecular flexibility index (Phi) is 3.27. The molecule has 6 heteroatoms. The predicted molar refractivity (Wildman–Crippen MR) is 75.2 cm³/mol. The molecule has 3 rings (SSSR count). The van der Waals surface area contributed by atoms with Crippen molar-refractivity contribution in [3.05, 3.63) is 59.9 Å². The maximum Gasteiger partial charge on any atom is 0.190 e. The molecule has 3 aromatic rings. The van der Waals surface area contributed by atoms with Crippen LogP contribution < -0.4 is 0 Å². The smallest absolute Gasteiger partial charge is 0.190 e. The number of pyridine rings is 1. The predicted octanol–water partition coefficient (Wildman–Crippen LogP) is 1.89. The van der Waals surface area contributed by atoms with E-state index in [-0.39, 0.29) is 23.7 Å². The van der Waals surface area contributed by atoms with Gasteiger partial charge in [-0.3, -0.25) is 14.6 Å². The Balaban J connectivity index is 1.87. The van der Waals surface area contributed by atoms with E-state index in [2.05, 4.69) is 15.1 Å². The minimum absolute atomic E-state index is 0.238. The second-order valence-corrected chi connectivity index (χ2v) is 4.60. The first-order valence-corrected chi connectivity index (χ1v) is 6.43. The lowest BCUT2D eigenvalue weighted by Gasteiger charge is -2.02. The highest BCUT2D eigenvalue weighted by Crippen LogP contribution is 2.14. The first-order valence-electron chi connectivity index (χ1n) is 6.43. The van der Waals surface area contributed by atoms with E-state index in [0.29, 0.717) is 16.8 Å². The Bertz CT molecular complexity index is 838. The third-order valence-electron chi connectivity index (χ3n) is 3.19. The number of hydrogen-bond donors (Lipinski definition) is 0. The van der Waals surface area contributed by atoms with Gasteiger partial charge in [0.25, 0.3) is 0 Å². The molecule has 6 nitrogen and oxygen atoms in total. The molecule has 0 bridgehead atoms.